The molecule has 1 saturated carbocycles. The van der Waals surface area contributed by atoms with E-state index in [1.165, 1.54) is 0 Å². The second-order valence-electron chi connectivity index (χ2n) is 4.53. The Morgan fingerprint density at radius 2 is 2.06 bits per heavy atom. The van der Waals surface area contributed by atoms with E-state index in [-0.39, 0.29) is 5.91 Å². The third-order valence-corrected chi connectivity index (χ3v) is 3.10. The van der Waals surface area contributed by atoms with Gasteiger partial charge in [-0.25, -0.2) is 4.99 Å². The average molecular weight is 242 g/mol. The summed E-state index contributed by atoms with van der Waals surface area (Å²) in [6, 6.07) is 7.54. The minimum absolute atomic E-state index is 0.104. The molecule has 1 aromatic rings. The Bertz CT molecular complexity index is 539. The van der Waals surface area contributed by atoms with Crippen molar-refractivity contribution in [2.24, 2.45) is 10.9 Å². The van der Waals surface area contributed by atoms with Crippen molar-refractivity contribution in [3.05, 3.63) is 35.5 Å². The van der Waals surface area contributed by atoms with Gasteiger partial charge in [-0.2, -0.15) is 0 Å². The van der Waals surface area contributed by atoms with Gasteiger partial charge in [0.2, 0.25) is 0 Å². The van der Waals surface area contributed by atoms with Gasteiger partial charge in [0.25, 0.3) is 5.91 Å². The van der Waals surface area contributed by atoms with Crippen LogP contribution in [0.2, 0.25) is 0 Å². The smallest absolute Gasteiger partial charge is 0.275 e. The standard InChI is InChI=1S/C14H14N2O2/c1-18-11-6-2-9(3-7-11)8-12-14(17)16-13(15-12)10-4-5-10/h2-3,6-8,10H,4-5H2,1H3,(H,15,16,17)/b12-8+. The Balaban J connectivity index is 1.84. The van der Waals surface area contributed by atoms with Gasteiger partial charge in [0.1, 0.15) is 17.3 Å². The van der Waals surface area contributed by atoms with Gasteiger partial charge in [-0.15, -0.1) is 0 Å². The molecule has 0 bridgehead atoms. The molecule has 0 aromatic heterocycles. The van der Waals surface area contributed by atoms with Crippen LogP contribution in [0.1, 0.15) is 18.4 Å². The fourth-order valence-electron chi connectivity index (χ4n) is 1.89. The summed E-state index contributed by atoms with van der Waals surface area (Å²) >= 11 is 0. The second-order valence-corrected chi connectivity index (χ2v) is 4.53. The van der Waals surface area contributed by atoms with Gasteiger partial charge in [-0.05, 0) is 36.6 Å². The molecule has 0 saturated heterocycles. The molecule has 3 rings (SSSR count). The van der Waals surface area contributed by atoms with E-state index in [2.05, 4.69) is 10.3 Å². The zero-order valence-corrected chi connectivity index (χ0v) is 10.1. The van der Waals surface area contributed by atoms with Crippen LogP contribution in [0, 0.1) is 5.92 Å². The lowest BCUT2D eigenvalue weighted by Crippen LogP contribution is -2.25. The maximum atomic E-state index is 11.7. The Kier molecular flexibility index (Phi) is 2.63. The van der Waals surface area contributed by atoms with E-state index in [0.717, 1.165) is 30.0 Å². The van der Waals surface area contributed by atoms with Gasteiger partial charge in [0.05, 0.1) is 7.11 Å². The number of amides is 1. The largest absolute Gasteiger partial charge is 0.497 e. The number of ether oxygens (including phenoxy) is 1. The first-order chi connectivity index (χ1) is 8.76. The molecule has 1 aliphatic heterocycles. The number of amidine groups is 1. The normalized spacial score (nSPS) is 20.8. The van der Waals surface area contributed by atoms with Crippen LogP contribution in [0.4, 0.5) is 0 Å². The molecule has 1 aromatic carbocycles. The SMILES string of the molecule is COc1ccc(/C=C2/N=C(C3CC3)NC2=O)cc1. The number of carbonyl (C=O) groups is 1. The summed E-state index contributed by atoms with van der Waals surface area (Å²) in [5.74, 6) is 2.00. The van der Waals surface area contributed by atoms with E-state index in [9.17, 15) is 4.79 Å². The number of rotatable bonds is 3. The number of nitrogens with one attached hydrogen (secondary N) is 1. The van der Waals surface area contributed by atoms with Gasteiger partial charge >= 0.3 is 0 Å². The number of carbonyl (C=O) groups excluding carboxylic acids is 1. The van der Waals surface area contributed by atoms with Crippen LogP contribution in [-0.2, 0) is 4.79 Å². The molecule has 18 heavy (non-hydrogen) atoms. The molecule has 0 atom stereocenters. The minimum Gasteiger partial charge on any atom is -0.497 e. The number of hydrogen-bond donors (Lipinski definition) is 1. The van der Waals surface area contributed by atoms with Crippen LogP contribution in [0.25, 0.3) is 6.08 Å². The third kappa shape index (κ3) is 2.14. The quantitative estimate of drug-likeness (QED) is 0.824. The molecule has 1 N–H and O–H groups in total. The van der Waals surface area contributed by atoms with Crippen molar-refractivity contribution >= 4 is 17.8 Å². The summed E-state index contributed by atoms with van der Waals surface area (Å²) in [7, 11) is 1.63. The van der Waals surface area contributed by atoms with E-state index >= 15 is 0 Å². The predicted octanol–water partition coefficient (Wildman–Crippen LogP) is 1.97. The molecule has 1 fully saturated rings. The fraction of sp³-hybridized carbons (Fsp3) is 0.286. The first-order valence-corrected chi connectivity index (χ1v) is 6.02. The molecule has 4 heteroatoms. The van der Waals surface area contributed by atoms with E-state index in [1.54, 1.807) is 13.2 Å². The summed E-state index contributed by atoms with van der Waals surface area (Å²) in [6.45, 7) is 0. The first-order valence-electron chi connectivity index (χ1n) is 6.02. The summed E-state index contributed by atoms with van der Waals surface area (Å²) in [6.07, 6.45) is 4.06. The van der Waals surface area contributed by atoms with E-state index in [0.29, 0.717) is 11.6 Å². The molecule has 1 amide bonds. The first kappa shape index (κ1) is 11.0. The lowest BCUT2D eigenvalue weighted by Gasteiger charge is -1.99. The van der Waals surface area contributed by atoms with E-state index in [1.807, 2.05) is 24.3 Å². The molecular formula is C14H14N2O2. The number of benzene rings is 1. The molecule has 2 aliphatic rings. The van der Waals surface area contributed by atoms with Gasteiger partial charge in [-0.3, -0.25) is 4.79 Å². The van der Waals surface area contributed by atoms with Crippen molar-refractivity contribution in [1.82, 2.24) is 5.32 Å². The van der Waals surface area contributed by atoms with Crippen molar-refractivity contribution in [1.29, 1.82) is 0 Å². The van der Waals surface area contributed by atoms with Crippen molar-refractivity contribution in [3.63, 3.8) is 0 Å². The molecule has 1 aliphatic carbocycles. The van der Waals surface area contributed by atoms with Gasteiger partial charge in [0.15, 0.2) is 0 Å². The lowest BCUT2D eigenvalue weighted by molar-refractivity contribution is -0.115. The van der Waals surface area contributed by atoms with Gasteiger partial charge < -0.3 is 10.1 Å². The molecule has 4 nitrogen and oxygen atoms in total. The van der Waals surface area contributed by atoms with Crippen molar-refractivity contribution in [2.45, 2.75) is 12.8 Å². The number of nitrogens with zero attached hydrogens (tertiary/aromatic N) is 1. The van der Waals surface area contributed by atoms with Gasteiger partial charge in [0, 0.05) is 5.92 Å². The monoisotopic (exact) mass is 242 g/mol. The predicted molar refractivity (Wildman–Crippen MR) is 69.3 cm³/mol. The highest BCUT2D eigenvalue weighted by Crippen LogP contribution is 2.32. The maximum Gasteiger partial charge on any atom is 0.275 e. The molecule has 0 spiro atoms. The Labute approximate surface area is 105 Å². The zero-order valence-electron chi connectivity index (χ0n) is 10.1. The van der Waals surface area contributed by atoms with Crippen LogP contribution >= 0.6 is 0 Å². The molecule has 1 heterocycles. The summed E-state index contributed by atoms with van der Waals surface area (Å²) < 4.78 is 5.09. The highest BCUT2D eigenvalue weighted by atomic mass is 16.5. The van der Waals surface area contributed by atoms with Crippen molar-refractivity contribution < 1.29 is 9.53 Å². The van der Waals surface area contributed by atoms with E-state index in [4.69, 9.17) is 4.74 Å². The highest BCUT2D eigenvalue weighted by molar-refractivity contribution is 6.15. The molecule has 92 valence electrons. The van der Waals surface area contributed by atoms with E-state index < -0.39 is 0 Å². The van der Waals surface area contributed by atoms with Crippen LogP contribution in [-0.4, -0.2) is 18.9 Å². The molecular weight excluding hydrogens is 228 g/mol. The van der Waals surface area contributed by atoms with Crippen molar-refractivity contribution in [2.75, 3.05) is 7.11 Å². The Hall–Kier alpha value is -2.10. The summed E-state index contributed by atoms with van der Waals surface area (Å²) in [4.78, 5) is 16.1. The van der Waals surface area contributed by atoms with Crippen LogP contribution in [0.15, 0.2) is 35.0 Å². The molecule has 0 radical (unpaired) electrons. The fourth-order valence-corrected chi connectivity index (χ4v) is 1.89. The topological polar surface area (TPSA) is 50.7 Å². The van der Waals surface area contributed by atoms with Crippen LogP contribution < -0.4 is 10.1 Å². The zero-order chi connectivity index (χ0) is 12.5. The van der Waals surface area contributed by atoms with Crippen LogP contribution in [0.3, 0.4) is 0 Å². The van der Waals surface area contributed by atoms with Gasteiger partial charge in [-0.1, -0.05) is 12.1 Å². The lowest BCUT2D eigenvalue weighted by atomic mass is 10.2. The summed E-state index contributed by atoms with van der Waals surface area (Å²) in [5.41, 5.74) is 1.43. The number of methoxy groups -OCH3 is 1. The number of aliphatic imine (C=N–C) groups is 1. The average Bonchev–Trinajstić information content (AvgIpc) is 3.17. The Morgan fingerprint density at radius 1 is 1.33 bits per heavy atom. The summed E-state index contributed by atoms with van der Waals surface area (Å²) in [5, 5.41) is 2.83. The minimum atomic E-state index is -0.104. The maximum absolute atomic E-state index is 11.7. The second kappa shape index (κ2) is 4.29. The Morgan fingerprint density at radius 3 is 2.67 bits per heavy atom. The molecule has 0 unspecified atom stereocenters. The van der Waals surface area contributed by atoms with Crippen molar-refractivity contribution in [3.8, 4) is 5.75 Å². The highest BCUT2D eigenvalue weighted by Gasteiger charge is 2.33. The number of hydrogen-bond acceptors (Lipinski definition) is 3. The van der Waals surface area contributed by atoms with Crippen LogP contribution in [0.5, 0.6) is 5.75 Å². The third-order valence-electron chi connectivity index (χ3n) is 3.10.